The fourth-order valence-electron chi connectivity index (χ4n) is 1.75. The minimum absolute atomic E-state index is 0.350. The number of fused-ring (bicyclic) bond motifs is 1. The van der Waals surface area contributed by atoms with Gasteiger partial charge in [-0.05, 0) is 23.3 Å². The third-order valence-electron chi connectivity index (χ3n) is 2.67. The van der Waals surface area contributed by atoms with Gasteiger partial charge in [0.05, 0.1) is 0 Å². The summed E-state index contributed by atoms with van der Waals surface area (Å²) in [6, 6.07) is 13.3. The Balaban J connectivity index is 0.000000206. The Kier molecular flexibility index (Phi) is 7.10. The molecule has 2 nitrogen and oxygen atoms in total. The van der Waals surface area contributed by atoms with Crippen LogP contribution in [0.2, 0.25) is 0 Å². The summed E-state index contributed by atoms with van der Waals surface area (Å²) in [5.74, 6) is 1.69. The van der Waals surface area contributed by atoms with E-state index in [1.165, 1.54) is 0 Å². The zero-order chi connectivity index (χ0) is 15.0. The molecule has 0 radical (unpaired) electrons. The van der Waals surface area contributed by atoms with Crippen molar-refractivity contribution < 1.29 is 9.84 Å². The normalized spacial score (nSPS) is 10.7. The molecule has 0 atom stereocenters. The maximum Gasteiger partial charge on any atom is 0.123 e. The van der Waals surface area contributed by atoms with Gasteiger partial charge in [0.15, 0.2) is 0 Å². The van der Waals surface area contributed by atoms with E-state index in [4.69, 9.17) is 4.74 Å². The fraction of sp³-hybridized carbons (Fsp3) is 0.444. The van der Waals surface area contributed by atoms with Gasteiger partial charge in [-0.1, -0.05) is 64.1 Å². The van der Waals surface area contributed by atoms with Crippen LogP contribution in [0.5, 0.6) is 5.75 Å². The van der Waals surface area contributed by atoms with E-state index in [0.717, 1.165) is 24.0 Å². The summed E-state index contributed by atoms with van der Waals surface area (Å²) >= 11 is 0. The van der Waals surface area contributed by atoms with Gasteiger partial charge in [-0.25, -0.2) is 0 Å². The molecular weight excluding hydrogens is 248 g/mol. The topological polar surface area (TPSA) is 29.5 Å². The van der Waals surface area contributed by atoms with Crippen LogP contribution in [-0.2, 0) is 4.74 Å². The second-order valence-corrected chi connectivity index (χ2v) is 5.82. The first-order chi connectivity index (χ1) is 9.50. The minimum Gasteiger partial charge on any atom is -0.507 e. The van der Waals surface area contributed by atoms with Crippen molar-refractivity contribution in [1.82, 2.24) is 0 Å². The van der Waals surface area contributed by atoms with Gasteiger partial charge in [-0.2, -0.15) is 0 Å². The van der Waals surface area contributed by atoms with E-state index in [2.05, 4.69) is 27.7 Å². The standard InChI is InChI=1S/C10H8O.C8H18O/c11-10-7-3-5-8-4-1-2-6-9(8)10;1-7(2)5-9-6-8(3)4/h1-7,11H;7-8H,5-6H2,1-4H3. The van der Waals surface area contributed by atoms with Crippen LogP contribution in [0.3, 0.4) is 0 Å². The number of phenols is 1. The molecule has 2 heteroatoms. The first-order valence-electron chi connectivity index (χ1n) is 7.25. The Hall–Kier alpha value is -1.54. The van der Waals surface area contributed by atoms with E-state index < -0.39 is 0 Å². The molecule has 0 heterocycles. The van der Waals surface area contributed by atoms with E-state index in [-0.39, 0.29) is 0 Å². The van der Waals surface area contributed by atoms with Crippen molar-refractivity contribution in [2.24, 2.45) is 11.8 Å². The van der Waals surface area contributed by atoms with Gasteiger partial charge in [-0.3, -0.25) is 0 Å². The monoisotopic (exact) mass is 274 g/mol. The van der Waals surface area contributed by atoms with Crippen LogP contribution in [0.15, 0.2) is 42.5 Å². The summed E-state index contributed by atoms with van der Waals surface area (Å²) in [7, 11) is 0. The molecule has 0 aliphatic carbocycles. The second kappa shape index (κ2) is 8.60. The maximum atomic E-state index is 9.37. The van der Waals surface area contributed by atoms with E-state index in [1.54, 1.807) is 6.07 Å². The number of hydrogen-bond donors (Lipinski definition) is 1. The third kappa shape index (κ3) is 6.07. The van der Waals surface area contributed by atoms with Crippen molar-refractivity contribution in [3.05, 3.63) is 42.5 Å². The van der Waals surface area contributed by atoms with Crippen molar-refractivity contribution in [3.63, 3.8) is 0 Å². The number of rotatable bonds is 4. The summed E-state index contributed by atoms with van der Waals surface area (Å²) in [6.07, 6.45) is 0. The van der Waals surface area contributed by atoms with E-state index >= 15 is 0 Å². The lowest BCUT2D eigenvalue weighted by Crippen LogP contribution is -2.06. The molecule has 2 rings (SSSR count). The van der Waals surface area contributed by atoms with Gasteiger partial charge < -0.3 is 9.84 Å². The first kappa shape index (κ1) is 16.5. The molecule has 110 valence electrons. The van der Waals surface area contributed by atoms with E-state index in [0.29, 0.717) is 17.6 Å². The lowest BCUT2D eigenvalue weighted by molar-refractivity contribution is 0.0886. The maximum absolute atomic E-state index is 9.37. The van der Waals surface area contributed by atoms with Crippen molar-refractivity contribution in [2.75, 3.05) is 13.2 Å². The molecule has 0 aliphatic rings. The van der Waals surface area contributed by atoms with Crippen LogP contribution < -0.4 is 0 Å². The third-order valence-corrected chi connectivity index (χ3v) is 2.67. The smallest absolute Gasteiger partial charge is 0.123 e. The van der Waals surface area contributed by atoms with Crippen LogP contribution in [0.1, 0.15) is 27.7 Å². The lowest BCUT2D eigenvalue weighted by Gasteiger charge is -2.07. The second-order valence-electron chi connectivity index (χ2n) is 5.82. The Morgan fingerprint density at radius 1 is 0.850 bits per heavy atom. The number of phenolic OH excluding ortho intramolecular Hbond substituents is 1. The molecule has 0 saturated carbocycles. The minimum atomic E-state index is 0.350. The fourth-order valence-corrected chi connectivity index (χ4v) is 1.75. The largest absolute Gasteiger partial charge is 0.507 e. The highest BCUT2D eigenvalue weighted by molar-refractivity contribution is 5.87. The highest BCUT2D eigenvalue weighted by Crippen LogP contribution is 2.22. The van der Waals surface area contributed by atoms with Crippen molar-refractivity contribution in [3.8, 4) is 5.75 Å². The lowest BCUT2D eigenvalue weighted by atomic mass is 10.1. The van der Waals surface area contributed by atoms with Crippen LogP contribution >= 0.6 is 0 Å². The van der Waals surface area contributed by atoms with Crippen LogP contribution in [0.4, 0.5) is 0 Å². The number of ether oxygens (including phenoxy) is 1. The van der Waals surface area contributed by atoms with Crippen molar-refractivity contribution >= 4 is 10.8 Å². The van der Waals surface area contributed by atoms with Crippen molar-refractivity contribution in [2.45, 2.75) is 27.7 Å². The van der Waals surface area contributed by atoms with Crippen LogP contribution in [-0.4, -0.2) is 18.3 Å². The molecule has 0 aliphatic heterocycles. The zero-order valence-electron chi connectivity index (χ0n) is 13.0. The summed E-state index contributed by atoms with van der Waals surface area (Å²) in [4.78, 5) is 0. The molecule has 0 bridgehead atoms. The molecule has 2 aromatic rings. The zero-order valence-corrected chi connectivity index (χ0v) is 13.0. The van der Waals surface area contributed by atoms with Gasteiger partial charge >= 0.3 is 0 Å². The number of benzene rings is 2. The summed E-state index contributed by atoms with van der Waals surface area (Å²) < 4.78 is 5.36. The molecule has 1 N–H and O–H groups in total. The van der Waals surface area contributed by atoms with Crippen LogP contribution in [0, 0.1) is 11.8 Å². The molecule has 0 fully saturated rings. The molecule has 0 spiro atoms. The Labute approximate surface area is 122 Å². The summed E-state index contributed by atoms with van der Waals surface area (Å²) in [5, 5.41) is 11.4. The van der Waals surface area contributed by atoms with Gasteiger partial charge in [0.1, 0.15) is 5.75 Å². The molecule has 0 aromatic heterocycles. The van der Waals surface area contributed by atoms with E-state index in [9.17, 15) is 5.11 Å². The number of aromatic hydroxyl groups is 1. The molecule has 20 heavy (non-hydrogen) atoms. The Morgan fingerprint density at radius 3 is 1.95 bits per heavy atom. The molecule has 0 saturated heterocycles. The van der Waals surface area contributed by atoms with Gasteiger partial charge in [0.25, 0.3) is 0 Å². The highest BCUT2D eigenvalue weighted by atomic mass is 16.5. The Morgan fingerprint density at radius 2 is 1.40 bits per heavy atom. The molecule has 0 unspecified atom stereocenters. The van der Waals surface area contributed by atoms with Gasteiger partial charge in [0, 0.05) is 18.6 Å². The first-order valence-corrected chi connectivity index (χ1v) is 7.25. The summed E-state index contributed by atoms with van der Waals surface area (Å²) in [5.41, 5.74) is 0. The van der Waals surface area contributed by atoms with Crippen molar-refractivity contribution in [1.29, 1.82) is 0 Å². The summed E-state index contributed by atoms with van der Waals surface area (Å²) in [6.45, 7) is 10.5. The number of hydrogen-bond acceptors (Lipinski definition) is 2. The SMILES string of the molecule is CC(C)COCC(C)C.Oc1cccc2ccccc12. The highest BCUT2D eigenvalue weighted by Gasteiger charge is 1.95. The van der Waals surface area contributed by atoms with Gasteiger partial charge in [-0.15, -0.1) is 0 Å². The molecule has 2 aromatic carbocycles. The molecule has 0 amide bonds. The predicted molar refractivity (Wildman–Crippen MR) is 86.1 cm³/mol. The van der Waals surface area contributed by atoms with E-state index in [1.807, 2.05) is 36.4 Å². The van der Waals surface area contributed by atoms with Crippen LogP contribution in [0.25, 0.3) is 10.8 Å². The Bertz CT molecular complexity index is 490. The average Bonchev–Trinajstić information content (AvgIpc) is 2.39. The quantitative estimate of drug-likeness (QED) is 0.862. The van der Waals surface area contributed by atoms with Gasteiger partial charge in [0.2, 0.25) is 0 Å². The predicted octanol–water partition coefficient (Wildman–Crippen LogP) is 4.86. The average molecular weight is 274 g/mol. The molecular formula is C18H26O2.